The normalized spacial score (nSPS) is 16.6. The molecule has 3 heterocycles. The Morgan fingerprint density at radius 2 is 2.28 bits per heavy atom. The van der Waals surface area contributed by atoms with Crippen molar-refractivity contribution in [3.8, 4) is 0 Å². The van der Waals surface area contributed by atoms with Crippen LogP contribution in [-0.2, 0) is 18.6 Å². The Kier molecular flexibility index (Phi) is 4.15. The summed E-state index contributed by atoms with van der Waals surface area (Å²) in [5.41, 5.74) is 7.87. The second-order valence-corrected chi connectivity index (χ2v) is 8.63. The van der Waals surface area contributed by atoms with Crippen LogP contribution in [0.15, 0.2) is 22.0 Å². The third kappa shape index (κ3) is 2.85. The average molecular weight is 360 g/mol. The maximum Gasteiger partial charge on any atom is 0.0438 e. The third-order valence-corrected chi connectivity index (χ3v) is 7.15. The van der Waals surface area contributed by atoms with Crippen molar-refractivity contribution in [2.75, 3.05) is 5.75 Å². The minimum Gasteiger partial charge on any atom is -0.323 e. The van der Waals surface area contributed by atoms with Gasteiger partial charge in [0.2, 0.25) is 0 Å². The SMILES string of the molecule is NC(Cc1cc(Br)cs1)c1cc2c(s1)CCSC2. The molecule has 2 aromatic heterocycles. The van der Waals surface area contributed by atoms with Crippen molar-refractivity contribution in [1.29, 1.82) is 0 Å². The largest absolute Gasteiger partial charge is 0.323 e. The standard InChI is InChI=1S/C13H14BrNS3/c14-9-4-10(17-7-9)5-11(15)13-3-8-6-16-2-1-12(8)18-13/h3-4,7,11H,1-2,5-6,15H2. The van der Waals surface area contributed by atoms with Crippen LogP contribution in [0.4, 0.5) is 0 Å². The lowest BCUT2D eigenvalue weighted by Gasteiger charge is -2.08. The first-order valence-electron chi connectivity index (χ1n) is 5.90. The minimum atomic E-state index is 0.149. The monoisotopic (exact) mass is 359 g/mol. The van der Waals surface area contributed by atoms with Crippen LogP contribution in [0.3, 0.4) is 0 Å². The molecular formula is C13H14BrNS3. The zero-order valence-electron chi connectivity index (χ0n) is 9.82. The first kappa shape index (κ1) is 13.2. The molecule has 0 spiro atoms. The first-order chi connectivity index (χ1) is 8.72. The highest BCUT2D eigenvalue weighted by molar-refractivity contribution is 9.10. The number of nitrogens with two attached hydrogens (primary N) is 1. The first-order valence-corrected chi connectivity index (χ1v) is 9.54. The van der Waals surface area contributed by atoms with Crippen molar-refractivity contribution >= 4 is 50.4 Å². The Balaban J connectivity index is 1.75. The topological polar surface area (TPSA) is 26.0 Å². The van der Waals surface area contributed by atoms with E-state index in [4.69, 9.17) is 5.73 Å². The van der Waals surface area contributed by atoms with E-state index in [0.717, 1.165) is 10.9 Å². The van der Waals surface area contributed by atoms with Gasteiger partial charge in [0.05, 0.1) is 0 Å². The molecule has 0 fully saturated rings. The van der Waals surface area contributed by atoms with Crippen LogP contribution >= 0.6 is 50.4 Å². The fraction of sp³-hybridized carbons (Fsp3) is 0.385. The number of hydrogen-bond acceptors (Lipinski definition) is 4. The quantitative estimate of drug-likeness (QED) is 0.865. The maximum atomic E-state index is 6.34. The fourth-order valence-corrected chi connectivity index (χ4v) is 6.02. The summed E-state index contributed by atoms with van der Waals surface area (Å²) in [5.74, 6) is 2.43. The Morgan fingerprint density at radius 1 is 1.39 bits per heavy atom. The highest BCUT2D eigenvalue weighted by Gasteiger charge is 2.17. The summed E-state index contributed by atoms with van der Waals surface area (Å²) in [5, 5.41) is 2.12. The molecule has 96 valence electrons. The predicted molar refractivity (Wildman–Crippen MR) is 86.8 cm³/mol. The van der Waals surface area contributed by atoms with E-state index in [1.54, 1.807) is 16.2 Å². The summed E-state index contributed by atoms with van der Waals surface area (Å²) in [7, 11) is 0. The van der Waals surface area contributed by atoms with Gasteiger partial charge in [0.15, 0.2) is 0 Å². The molecule has 1 nitrogen and oxygen atoms in total. The molecular weight excluding hydrogens is 346 g/mol. The smallest absolute Gasteiger partial charge is 0.0438 e. The zero-order chi connectivity index (χ0) is 12.5. The molecule has 0 saturated heterocycles. The van der Waals surface area contributed by atoms with E-state index in [9.17, 15) is 0 Å². The molecule has 1 atom stereocenters. The number of aryl methyl sites for hydroxylation is 1. The van der Waals surface area contributed by atoms with E-state index in [0.29, 0.717) is 0 Å². The van der Waals surface area contributed by atoms with Gasteiger partial charge in [-0.15, -0.1) is 22.7 Å². The number of halogens is 1. The molecule has 2 aromatic rings. The summed E-state index contributed by atoms with van der Waals surface area (Å²) >= 11 is 9.23. The Hall–Kier alpha value is 0.190. The maximum absolute atomic E-state index is 6.34. The Labute approximate surface area is 128 Å². The van der Waals surface area contributed by atoms with Gasteiger partial charge in [0.25, 0.3) is 0 Å². The van der Waals surface area contributed by atoms with Crippen LogP contribution in [-0.4, -0.2) is 5.75 Å². The number of rotatable bonds is 3. The van der Waals surface area contributed by atoms with Gasteiger partial charge >= 0.3 is 0 Å². The molecule has 0 amide bonds. The van der Waals surface area contributed by atoms with Crippen LogP contribution in [0.25, 0.3) is 0 Å². The van der Waals surface area contributed by atoms with Crippen molar-refractivity contribution in [2.45, 2.75) is 24.6 Å². The summed E-state index contributed by atoms with van der Waals surface area (Å²) in [4.78, 5) is 4.27. The summed E-state index contributed by atoms with van der Waals surface area (Å²) in [6.45, 7) is 0. The van der Waals surface area contributed by atoms with Crippen molar-refractivity contribution < 1.29 is 0 Å². The van der Waals surface area contributed by atoms with Crippen molar-refractivity contribution in [3.63, 3.8) is 0 Å². The lowest BCUT2D eigenvalue weighted by Crippen LogP contribution is -2.10. The van der Waals surface area contributed by atoms with Gasteiger partial charge in [-0.1, -0.05) is 0 Å². The van der Waals surface area contributed by atoms with Crippen molar-refractivity contribution in [3.05, 3.63) is 42.2 Å². The van der Waals surface area contributed by atoms with Gasteiger partial charge in [0.1, 0.15) is 0 Å². The average Bonchev–Trinajstić information content (AvgIpc) is 2.95. The Morgan fingerprint density at radius 3 is 3.00 bits per heavy atom. The molecule has 0 saturated carbocycles. The molecule has 18 heavy (non-hydrogen) atoms. The van der Waals surface area contributed by atoms with Gasteiger partial charge in [0, 0.05) is 42.7 Å². The third-order valence-electron chi connectivity index (χ3n) is 3.06. The van der Waals surface area contributed by atoms with Gasteiger partial charge in [-0.3, -0.25) is 0 Å². The van der Waals surface area contributed by atoms with Crippen LogP contribution < -0.4 is 5.73 Å². The van der Waals surface area contributed by atoms with Crippen LogP contribution in [0.2, 0.25) is 0 Å². The fourth-order valence-electron chi connectivity index (χ4n) is 2.13. The second-order valence-electron chi connectivity index (χ2n) is 4.44. The summed E-state index contributed by atoms with van der Waals surface area (Å²) in [6, 6.07) is 4.66. The second kappa shape index (κ2) is 5.67. The highest BCUT2D eigenvalue weighted by Crippen LogP contribution is 2.35. The number of hydrogen-bond donors (Lipinski definition) is 1. The molecule has 0 aromatic carbocycles. The molecule has 3 rings (SSSR count). The van der Waals surface area contributed by atoms with Gasteiger partial charge in [-0.05, 0) is 45.8 Å². The summed E-state index contributed by atoms with van der Waals surface area (Å²) < 4.78 is 1.16. The molecule has 1 unspecified atom stereocenters. The van der Waals surface area contributed by atoms with Crippen LogP contribution in [0, 0.1) is 0 Å². The molecule has 1 aliphatic rings. The minimum absolute atomic E-state index is 0.149. The number of thioether (sulfide) groups is 1. The molecule has 0 aliphatic carbocycles. The highest BCUT2D eigenvalue weighted by atomic mass is 79.9. The lowest BCUT2D eigenvalue weighted by atomic mass is 10.1. The van der Waals surface area contributed by atoms with Crippen molar-refractivity contribution in [2.24, 2.45) is 5.73 Å². The zero-order valence-corrected chi connectivity index (χ0v) is 13.9. The molecule has 0 radical (unpaired) electrons. The van der Waals surface area contributed by atoms with Gasteiger partial charge < -0.3 is 5.73 Å². The molecule has 2 N–H and O–H groups in total. The van der Waals surface area contributed by atoms with E-state index in [-0.39, 0.29) is 6.04 Å². The number of fused-ring (bicyclic) bond motifs is 1. The molecule has 0 bridgehead atoms. The molecule has 5 heteroatoms. The summed E-state index contributed by atoms with van der Waals surface area (Å²) in [6.07, 6.45) is 2.17. The van der Waals surface area contributed by atoms with Crippen molar-refractivity contribution in [1.82, 2.24) is 0 Å². The Bertz CT molecular complexity index is 523. The van der Waals surface area contributed by atoms with Gasteiger partial charge in [-0.25, -0.2) is 0 Å². The van der Waals surface area contributed by atoms with E-state index in [1.807, 2.05) is 23.1 Å². The van der Waals surface area contributed by atoms with E-state index in [2.05, 4.69) is 33.4 Å². The van der Waals surface area contributed by atoms with Crippen LogP contribution in [0.1, 0.15) is 26.2 Å². The van der Waals surface area contributed by atoms with E-state index in [1.165, 1.54) is 33.2 Å². The van der Waals surface area contributed by atoms with Gasteiger partial charge in [-0.2, -0.15) is 11.8 Å². The lowest BCUT2D eigenvalue weighted by molar-refractivity contribution is 0.745. The number of thiophene rings is 2. The van der Waals surface area contributed by atoms with E-state index < -0.39 is 0 Å². The predicted octanol–water partition coefficient (Wildman–Crippen LogP) is 4.60. The van der Waals surface area contributed by atoms with E-state index >= 15 is 0 Å². The van der Waals surface area contributed by atoms with Crippen LogP contribution in [0.5, 0.6) is 0 Å². The molecule has 1 aliphatic heterocycles.